The van der Waals surface area contributed by atoms with Gasteiger partial charge < -0.3 is 14.7 Å². The van der Waals surface area contributed by atoms with Gasteiger partial charge >= 0.3 is 5.97 Å². The maximum absolute atomic E-state index is 10.4. The van der Waals surface area contributed by atoms with Crippen molar-refractivity contribution in [2.75, 3.05) is 27.2 Å². The van der Waals surface area contributed by atoms with Gasteiger partial charge in [-0.1, -0.05) is 12.1 Å². The molecule has 0 aromatic heterocycles. The Kier molecular flexibility index (Phi) is 8.16. The molecular formula is C13H20ClNO3. The van der Waals surface area contributed by atoms with E-state index in [1.807, 2.05) is 38.4 Å². The summed E-state index contributed by atoms with van der Waals surface area (Å²) in [7, 11) is 4.00. The van der Waals surface area contributed by atoms with Gasteiger partial charge in [0.2, 0.25) is 0 Å². The molecule has 0 radical (unpaired) electrons. The molecule has 0 saturated heterocycles. The van der Waals surface area contributed by atoms with Crippen LogP contribution in [-0.2, 0) is 11.2 Å². The van der Waals surface area contributed by atoms with Gasteiger partial charge in [0.25, 0.3) is 0 Å². The van der Waals surface area contributed by atoms with E-state index in [1.165, 1.54) is 0 Å². The molecule has 0 amide bonds. The summed E-state index contributed by atoms with van der Waals surface area (Å²) in [5.74, 6) is 0.0576. The maximum atomic E-state index is 10.4. The Bertz CT molecular complexity index is 352. The number of aliphatic carboxylic acids is 1. The van der Waals surface area contributed by atoms with Gasteiger partial charge in [-0.15, -0.1) is 12.4 Å². The Balaban J connectivity index is 0.00000289. The lowest BCUT2D eigenvalue weighted by Gasteiger charge is -2.11. The second-order valence-electron chi connectivity index (χ2n) is 4.19. The Morgan fingerprint density at radius 3 is 2.39 bits per heavy atom. The Hall–Kier alpha value is -1.26. The highest BCUT2D eigenvalue weighted by atomic mass is 35.5. The van der Waals surface area contributed by atoms with E-state index in [2.05, 4.69) is 4.90 Å². The number of hydrogen-bond donors (Lipinski definition) is 1. The molecule has 0 spiro atoms. The summed E-state index contributed by atoms with van der Waals surface area (Å²) >= 11 is 0. The lowest BCUT2D eigenvalue weighted by Crippen LogP contribution is -2.19. The summed E-state index contributed by atoms with van der Waals surface area (Å²) in [6, 6.07) is 7.58. The van der Waals surface area contributed by atoms with Crippen LogP contribution < -0.4 is 4.74 Å². The van der Waals surface area contributed by atoms with Crippen molar-refractivity contribution < 1.29 is 14.6 Å². The Morgan fingerprint density at radius 1 is 1.28 bits per heavy atom. The first kappa shape index (κ1) is 16.7. The number of nitrogens with zero attached hydrogens (tertiary/aromatic N) is 1. The van der Waals surface area contributed by atoms with Gasteiger partial charge in [-0.05, 0) is 38.2 Å². The highest BCUT2D eigenvalue weighted by molar-refractivity contribution is 5.85. The predicted octanol–water partition coefficient (Wildman–Crippen LogP) is 2.07. The molecular weight excluding hydrogens is 254 g/mol. The fourth-order valence-electron chi connectivity index (χ4n) is 1.35. The molecule has 102 valence electrons. The zero-order valence-corrected chi connectivity index (χ0v) is 11.6. The number of halogens is 1. The first-order valence-electron chi connectivity index (χ1n) is 5.66. The summed E-state index contributed by atoms with van der Waals surface area (Å²) in [5.41, 5.74) is 1.02. The fraction of sp³-hybridized carbons (Fsp3) is 0.462. The number of aryl methyl sites for hydroxylation is 1. The molecule has 0 aliphatic rings. The van der Waals surface area contributed by atoms with Crippen molar-refractivity contribution in [1.29, 1.82) is 0 Å². The molecule has 5 heteroatoms. The number of carboxylic acids is 1. The number of ether oxygens (including phenoxy) is 1. The number of carboxylic acid groups (broad SMARTS) is 1. The molecule has 1 aromatic carbocycles. The van der Waals surface area contributed by atoms with Crippen LogP contribution >= 0.6 is 12.4 Å². The van der Waals surface area contributed by atoms with Crippen molar-refractivity contribution in [3.63, 3.8) is 0 Å². The molecule has 0 bridgehead atoms. The van der Waals surface area contributed by atoms with Gasteiger partial charge in [-0.25, -0.2) is 0 Å². The van der Waals surface area contributed by atoms with Crippen molar-refractivity contribution >= 4 is 18.4 Å². The van der Waals surface area contributed by atoms with Gasteiger partial charge in [-0.2, -0.15) is 0 Å². The topological polar surface area (TPSA) is 49.8 Å². The second-order valence-corrected chi connectivity index (χ2v) is 4.19. The average molecular weight is 274 g/mol. The molecule has 1 N–H and O–H groups in total. The van der Waals surface area contributed by atoms with Crippen molar-refractivity contribution in [2.45, 2.75) is 12.8 Å². The molecule has 0 heterocycles. The number of carbonyl (C=O) groups is 1. The molecule has 4 nitrogen and oxygen atoms in total. The third-order valence-corrected chi connectivity index (χ3v) is 2.36. The van der Waals surface area contributed by atoms with Crippen LogP contribution in [0.1, 0.15) is 12.0 Å². The number of benzene rings is 1. The lowest BCUT2D eigenvalue weighted by molar-refractivity contribution is -0.136. The molecule has 0 aliphatic carbocycles. The Morgan fingerprint density at radius 2 is 1.89 bits per heavy atom. The highest BCUT2D eigenvalue weighted by Crippen LogP contribution is 2.13. The lowest BCUT2D eigenvalue weighted by atomic mass is 10.1. The smallest absolute Gasteiger partial charge is 0.303 e. The quantitative estimate of drug-likeness (QED) is 0.826. The highest BCUT2D eigenvalue weighted by Gasteiger charge is 2.00. The Labute approximate surface area is 114 Å². The molecule has 1 rings (SSSR count). The summed E-state index contributed by atoms with van der Waals surface area (Å²) in [5, 5.41) is 8.57. The van der Waals surface area contributed by atoms with Crippen LogP contribution in [0.5, 0.6) is 5.75 Å². The molecule has 0 fully saturated rings. The standard InChI is InChI=1S/C13H19NO3.ClH/c1-14(2)9-10-17-12-6-3-11(4-7-12)5-8-13(15)16;/h3-4,6-7H,5,8-10H2,1-2H3,(H,15,16);1H. The molecule has 1 aromatic rings. The number of rotatable bonds is 7. The van der Waals surface area contributed by atoms with Gasteiger partial charge in [0.1, 0.15) is 12.4 Å². The molecule has 0 saturated carbocycles. The average Bonchev–Trinajstić information content (AvgIpc) is 2.27. The molecule has 0 atom stereocenters. The van der Waals surface area contributed by atoms with Crippen LogP contribution in [0.3, 0.4) is 0 Å². The van der Waals surface area contributed by atoms with E-state index >= 15 is 0 Å². The van der Waals surface area contributed by atoms with E-state index in [9.17, 15) is 4.79 Å². The minimum Gasteiger partial charge on any atom is -0.492 e. The van der Waals surface area contributed by atoms with Gasteiger partial charge in [0, 0.05) is 13.0 Å². The SMILES string of the molecule is CN(C)CCOc1ccc(CCC(=O)O)cc1.Cl. The molecule has 0 aliphatic heterocycles. The summed E-state index contributed by atoms with van der Waals surface area (Å²) < 4.78 is 5.54. The van der Waals surface area contributed by atoms with E-state index in [0.29, 0.717) is 13.0 Å². The van der Waals surface area contributed by atoms with E-state index < -0.39 is 5.97 Å². The van der Waals surface area contributed by atoms with Crippen molar-refractivity contribution in [3.8, 4) is 5.75 Å². The second kappa shape index (κ2) is 8.78. The summed E-state index contributed by atoms with van der Waals surface area (Å²) in [4.78, 5) is 12.5. The van der Waals surface area contributed by atoms with E-state index in [-0.39, 0.29) is 18.8 Å². The van der Waals surface area contributed by atoms with Crippen LogP contribution in [0.4, 0.5) is 0 Å². The van der Waals surface area contributed by atoms with Crippen molar-refractivity contribution in [3.05, 3.63) is 29.8 Å². The summed E-state index contributed by atoms with van der Waals surface area (Å²) in [6.07, 6.45) is 0.730. The third kappa shape index (κ3) is 7.14. The van der Waals surface area contributed by atoms with Crippen molar-refractivity contribution in [2.24, 2.45) is 0 Å². The maximum Gasteiger partial charge on any atom is 0.303 e. The van der Waals surface area contributed by atoms with E-state index in [4.69, 9.17) is 9.84 Å². The fourth-order valence-corrected chi connectivity index (χ4v) is 1.35. The van der Waals surface area contributed by atoms with E-state index in [1.54, 1.807) is 0 Å². The van der Waals surface area contributed by atoms with Crippen molar-refractivity contribution in [1.82, 2.24) is 4.90 Å². The largest absolute Gasteiger partial charge is 0.492 e. The van der Waals surface area contributed by atoms with Crippen LogP contribution in [-0.4, -0.2) is 43.2 Å². The first-order valence-corrected chi connectivity index (χ1v) is 5.66. The van der Waals surface area contributed by atoms with E-state index in [0.717, 1.165) is 17.9 Å². The molecule has 0 unspecified atom stereocenters. The van der Waals surface area contributed by atoms with Crippen LogP contribution in [0.15, 0.2) is 24.3 Å². The minimum atomic E-state index is -0.767. The number of likely N-dealkylation sites (N-methyl/N-ethyl adjacent to an activating group) is 1. The molecule has 18 heavy (non-hydrogen) atoms. The zero-order valence-electron chi connectivity index (χ0n) is 10.8. The van der Waals surface area contributed by atoms with Gasteiger partial charge in [-0.3, -0.25) is 4.79 Å². The monoisotopic (exact) mass is 273 g/mol. The zero-order chi connectivity index (χ0) is 12.7. The number of hydrogen-bond acceptors (Lipinski definition) is 3. The first-order chi connectivity index (χ1) is 8.08. The predicted molar refractivity (Wildman–Crippen MR) is 73.7 cm³/mol. The van der Waals surface area contributed by atoms with Crippen LogP contribution in [0.2, 0.25) is 0 Å². The normalized spacial score (nSPS) is 9.94. The van der Waals surface area contributed by atoms with Gasteiger partial charge in [0.05, 0.1) is 0 Å². The summed E-state index contributed by atoms with van der Waals surface area (Å²) in [6.45, 7) is 1.53. The van der Waals surface area contributed by atoms with Crippen LogP contribution in [0.25, 0.3) is 0 Å². The third-order valence-electron chi connectivity index (χ3n) is 2.36. The van der Waals surface area contributed by atoms with Crippen LogP contribution in [0, 0.1) is 0 Å². The minimum absolute atomic E-state index is 0. The van der Waals surface area contributed by atoms with Gasteiger partial charge in [0.15, 0.2) is 0 Å².